The highest BCUT2D eigenvalue weighted by Gasteiger charge is 2.09. The average molecular weight is 245 g/mol. The van der Waals surface area contributed by atoms with Crippen LogP contribution < -0.4 is 11.1 Å². The Morgan fingerprint density at radius 3 is 2.72 bits per heavy atom. The summed E-state index contributed by atoms with van der Waals surface area (Å²) in [5.41, 5.74) is 7.99. The molecular formula is C14H19N3O. The summed E-state index contributed by atoms with van der Waals surface area (Å²) in [7, 11) is 0. The van der Waals surface area contributed by atoms with E-state index in [1.54, 1.807) is 0 Å². The molecule has 3 N–H and O–H groups in total. The van der Waals surface area contributed by atoms with Crippen molar-refractivity contribution in [3.05, 3.63) is 53.4 Å². The predicted molar refractivity (Wildman–Crippen MR) is 71.2 cm³/mol. The number of rotatable bonds is 6. The fourth-order valence-electron chi connectivity index (χ4n) is 1.93. The second-order valence-corrected chi connectivity index (χ2v) is 4.41. The van der Waals surface area contributed by atoms with Crippen molar-refractivity contribution in [2.24, 2.45) is 5.73 Å². The molecule has 4 heteroatoms. The molecule has 1 aromatic carbocycles. The fraction of sp³-hybridized carbons (Fsp3) is 0.357. The summed E-state index contributed by atoms with van der Waals surface area (Å²) in [6.07, 6.45) is 0. The monoisotopic (exact) mass is 245 g/mol. The highest BCUT2D eigenvalue weighted by Crippen LogP contribution is 2.13. The summed E-state index contributed by atoms with van der Waals surface area (Å²) in [5, 5.41) is 7.20. The number of nitrogens with one attached hydrogen (secondary N) is 1. The maximum atomic E-state index is 5.81. The molecule has 0 saturated carbocycles. The van der Waals surface area contributed by atoms with Gasteiger partial charge >= 0.3 is 0 Å². The molecule has 0 fully saturated rings. The van der Waals surface area contributed by atoms with Gasteiger partial charge in [0.1, 0.15) is 0 Å². The molecule has 0 aliphatic heterocycles. The number of nitrogens with zero attached hydrogens (tertiary/aromatic N) is 1. The molecule has 1 heterocycles. The summed E-state index contributed by atoms with van der Waals surface area (Å²) in [6.45, 7) is 4.07. The van der Waals surface area contributed by atoms with Gasteiger partial charge in [-0.3, -0.25) is 0 Å². The lowest BCUT2D eigenvalue weighted by atomic mass is 9.99. The number of hydrogen-bond acceptors (Lipinski definition) is 4. The first-order chi connectivity index (χ1) is 8.79. The minimum atomic E-state index is 0.329. The summed E-state index contributed by atoms with van der Waals surface area (Å²) in [5.74, 6) is 1.19. The normalized spacial score (nSPS) is 12.6. The third kappa shape index (κ3) is 3.42. The first-order valence-electron chi connectivity index (χ1n) is 6.17. The van der Waals surface area contributed by atoms with Crippen LogP contribution in [0.2, 0.25) is 0 Å². The van der Waals surface area contributed by atoms with Crippen LogP contribution in [0, 0.1) is 6.92 Å². The zero-order valence-corrected chi connectivity index (χ0v) is 10.6. The highest BCUT2D eigenvalue weighted by molar-refractivity contribution is 5.20. The van der Waals surface area contributed by atoms with Gasteiger partial charge in [-0.15, -0.1) is 0 Å². The molecule has 0 spiro atoms. The number of hydrogen-bond donors (Lipinski definition) is 2. The van der Waals surface area contributed by atoms with Crippen LogP contribution in [0.5, 0.6) is 0 Å². The molecule has 0 saturated heterocycles. The molecule has 1 aromatic heterocycles. The van der Waals surface area contributed by atoms with Gasteiger partial charge in [0.15, 0.2) is 5.76 Å². The lowest BCUT2D eigenvalue weighted by molar-refractivity contribution is 0.368. The van der Waals surface area contributed by atoms with Gasteiger partial charge < -0.3 is 15.6 Å². The SMILES string of the molecule is Cc1cc(CNCC(CN)c2ccccc2)on1. The van der Waals surface area contributed by atoms with Crippen LogP contribution in [-0.2, 0) is 6.54 Å². The first kappa shape index (κ1) is 12.8. The molecule has 96 valence electrons. The lowest BCUT2D eigenvalue weighted by Gasteiger charge is -2.15. The quantitative estimate of drug-likeness (QED) is 0.814. The summed E-state index contributed by atoms with van der Waals surface area (Å²) < 4.78 is 5.14. The third-order valence-electron chi connectivity index (χ3n) is 2.92. The molecule has 1 unspecified atom stereocenters. The molecular weight excluding hydrogens is 226 g/mol. The van der Waals surface area contributed by atoms with E-state index < -0.39 is 0 Å². The zero-order chi connectivity index (χ0) is 12.8. The lowest BCUT2D eigenvalue weighted by Crippen LogP contribution is -2.26. The Labute approximate surface area is 107 Å². The number of aromatic nitrogens is 1. The molecule has 4 nitrogen and oxygen atoms in total. The van der Waals surface area contributed by atoms with Crippen LogP contribution in [-0.4, -0.2) is 18.2 Å². The Hall–Kier alpha value is -1.65. The maximum absolute atomic E-state index is 5.81. The average Bonchev–Trinajstić information content (AvgIpc) is 2.81. The standard InChI is InChI=1S/C14H19N3O/c1-11-7-14(18-17-11)10-16-9-13(8-15)12-5-3-2-4-6-12/h2-7,13,16H,8-10,15H2,1H3. The Kier molecular flexibility index (Phi) is 4.50. The van der Waals surface area contributed by atoms with Crippen LogP contribution in [0.4, 0.5) is 0 Å². The molecule has 2 rings (SSSR count). The zero-order valence-electron chi connectivity index (χ0n) is 10.6. The molecule has 0 aliphatic rings. The van der Waals surface area contributed by atoms with Crippen molar-refractivity contribution in [2.75, 3.05) is 13.1 Å². The predicted octanol–water partition coefficient (Wildman–Crippen LogP) is 1.82. The maximum Gasteiger partial charge on any atom is 0.150 e. The van der Waals surface area contributed by atoms with Gasteiger partial charge in [0.25, 0.3) is 0 Å². The van der Waals surface area contributed by atoms with E-state index in [0.717, 1.165) is 18.0 Å². The largest absolute Gasteiger partial charge is 0.360 e. The van der Waals surface area contributed by atoms with Gasteiger partial charge in [0.05, 0.1) is 12.2 Å². The van der Waals surface area contributed by atoms with Crippen molar-refractivity contribution in [2.45, 2.75) is 19.4 Å². The van der Waals surface area contributed by atoms with E-state index in [9.17, 15) is 0 Å². The van der Waals surface area contributed by atoms with E-state index in [4.69, 9.17) is 10.3 Å². The Bertz CT molecular complexity index is 467. The third-order valence-corrected chi connectivity index (χ3v) is 2.92. The van der Waals surface area contributed by atoms with Crippen molar-refractivity contribution >= 4 is 0 Å². The van der Waals surface area contributed by atoms with Gasteiger partial charge in [-0.2, -0.15) is 0 Å². The topological polar surface area (TPSA) is 64.1 Å². The Morgan fingerprint density at radius 1 is 1.33 bits per heavy atom. The number of benzene rings is 1. The Balaban J connectivity index is 1.84. The van der Waals surface area contributed by atoms with E-state index in [0.29, 0.717) is 19.0 Å². The minimum absolute atomic E-state index is 0.329. The van der Waals surface area contributed by atoms with Crippen LogP contribution in [0.15, 0.2) is 40.9 Å². The van der Waals surface area contributed by atoms with Gasteiger partial charge in [-0.25, -0.2) is 0 Å². The Morgan fingerprint density at radius 2 is 2.11 bits per heavy atom. The summed E-state index contributed by atoms with van der Waals surface area (Å²) >= 11 is 0. The van der Waals surface area contributed by atoms with Gasteiger partial charge in [0.2, 0.25) is 0 Å². The molecule has 1 atom stereocenters. The van der Waals surface area contributed by atoms with Crippen molar-refractivity contribution in [1.82, 2.24) is 10.5 Å². The molecule has 0 radical (unpaired) electrons. The summed E-state index contributed by atoms with van der Waals surface area (Å²) in [4.78, 5) is 0. The first-order valence-corrected chi connectivity index (χ1v) is 6.17. The van der Waals surface area contributed by atoms with Gasteiger partial charge in [0, 0.05) is 25.1 Å². The number of aryl methyl sites for hydroxylation is 1. The highest BCUT2D eigenvalue weighted by atomic mass is 16.5. The van der Waals surface area contributed by atoms with E-state index in [2.05, 4.69) is 22.6 Å². The van der Waals surface area contributed by atoms with Gasteiger partial charge in [-0.1, -0.05) is 35.5 Å². The smallest absolute Gasteiger partial charge is 0.150 e. The van der Waals surface area contributed by atoms with Gasteiger partial charge in [-0.05, 0) is 12.5 Å². The van der Waals surface area contributed by atoms with Crippen molar-refractivity contribution in [1.29, 1.82) is 0 Å². The molecule has 0 amide bonds. The van der Waals surface area contributed by atoms with E-state index in [-0.39, 0.29) is 0 Å². The van der Waals surface area contributed by atoms with E-state index in [1.807, 2.05) is 31.2 Å². The minimum Gasteiger partial charge on any atom is -0.360 e. The number of nitrogens with two attached hydrogens (primary N) is 1. The van der Waals surface area contributed by atoms with Crippen LogP contribution in [0.3, 0.4) is 0 Å². The van der Waals surface area contributed by atoms with Crippen molar-refractivity contribution in [3.8, 4) is 0 Å². The molecule has 18 heavy (non-hydrogen) atoms. The summed E-state index contributed by atoms with van der Waals surface area (Å²) in [6, 6.07) is 12.2. The second-order valence-electron chi connectivity index (χ2n) is 4.41. The second kappa shape index (κ2) is 6.33. The van der Waals surface area contributed by atoms with Crippen molar-refractivity contribution < 1.29 is 4.52 Å². The molecule has 0 bridgehead atoms. The van der Waals surface area contributed by atoms with Crippen LogP contribution in [0.25, 0.3) is 0 Å². The fourth-order valence-corrected chi connectivity index (χ4v) is 1.93. The molecule has 0 aliphatic carbocycles. The van der Waals surface area contributed by atoms with Crippen molar-refractivity contribution in [3.63, 3.8) is 0 Å². The van der Waals surface area contributed by atoms with E-state index >= 15 is 0 Å². The van der Waals surface area contributed by atoms with Crippen LogP contribution in [0.1, 0.15) is 22.9 Å². The van der Waals surface area contributed by atoms with Crippen LogP contribution >= 0.6 is 0 Å². The molecule has 2 aromatic rings. The van der Waals surface area contributed by atoms with E-state index in [1.165, 1.54) is 5.56 Å².